The predicted octanol–water partition coefficient (Wildman–Crippen LogP) is 5.60. The van der Waals surface area contributed by atoms with Gasteiger partial charge in [0, 0.05) is 11.3 Å². The number of imide groups is 1. The van der Waals surface area contributed by atoms with E-state index in [0.717, 1.165) is 23.1 Å². The molecular weight excluding hydrogens is 653 g/mol. The third-order valence-electron chi connectivity index (χ3n) is 7.59. The number of rotatable bonds is 8. The summed E-state index contributed by atoms with van der Waals surface area (Å²) in [5.41, 5.74) is -3.56. The zero-order chi connectivity index (χ0) is 34.5. The maximum absolute atomic E-state index is 14.3. The molecule has 6 amide bonds. The van der Waals surface area contributed by atoms with E-state index in [2.05, 4.69) is 10.6 Å². The highest BCUT2D eigenvalue weighted by molar-refractivity contribution is 7.91. The van der Waals surface area contributed by atoms with Crippen molar-refractivity contribution in [3.05, 3.63) is 89.0 Å². The average molecular weight is 680 g/mol. The monoisotopic (exact) mass is 679 g/mol. The molecule has 5 rings (SSSR count). The molecule has 0 spiro atoms. The number of halogens is 5. The van der Waals surface area contributed by atoms with Crippen LogP contribution in [0.2, 0.25) is 0 Å². The summed E-state index contributed by atoms with van der Waals surface area (Å²) in [7, 11) is -3.76. The highest BCUT2D eigenvalue weighted by Crippen LogP contribution is 2.38. The fraction of sp³-hybridized carbons (Fsp3) is 0.267. The summed E-state index contributed by atoms with van der Waals surface area (Å²) in [5, 5.41) is 4.31. The molecule has 248 valence electrons. The number of nitrogens with zero attached hydrogens (tertiary/aromatic N) is 2. The zero-order valence-corrected chi connectivity index (χ0v) is 25.4. The SMILES string of the molecule is CC1(C)C(=O)N(c2ccc(F)c(C(F)(F)F)c2)C(=O)N1Cc1ccc(F)cc1NC(=O)Nc1ccc(C(=O)NS(=O)(=O)C2CC2)cc1. The molecule has 2 aliphatic rings. The van der Waals surface area contributed by atoms with Gasteiger partial charge in [-0.05, 0) is 86.8 Å². The van der Waals surface area contributed by atoms with E-state index in [9.17, 15) is 49.5 Å². The van der Waals surface area contributed by atoms with Crippen molar-refractivity contribution in [3.63, 3.8) is 0 Å². The molecule has 0 bridgehead atoms. The first-order chi connectivity index (χ1) is 21.9. The normalized spacial score (nSPS) is 16.3. The van der Waals surface area contributed by atoms with Crippen LogP contribution in [-0.4, -0.2) is 48.0 Å². The Morgan fingerprint density at radius 3 is 2.21 bits per heavy atom. The van der Waals surface area contributed by atoms with Crippen molar-refractivity contribution in [3.8, 4) is 0 Å². The van der Waals surface area contributed by atoms with E-state index >= 15 is 0 Å². The Balaban J connectivity index is 1.31. The number of urea groups is 2. The number of anilines is 3. The van der Waals surface area contributed by atoms with Gasteiger partial charge in [0.05, 0.1) is 28.7 Å². The molecule has 2 fully saturated rings. The van der Waals surface area contributed by atoms with E-state index in [1.807, 2.05) is 4.72 Å². The maximum Gasteiger partial charge on any atom is 0.419 e. The Bertz CT molecular complexity index is 1900. The molecule has 1 saturated carbocycles. The van der Waals surface area contributed by atoms with Crippen LogP contribution in [0.15, 0.2) is 60.7 Å². The Labute approximate surface area is 264 Å². The highest BCUT2D eigenvalue weighted by Gasteiger charge is 2.52. The smallest absolute Gasteiger partial charge is 0.308 e. The molecule has 0 atom stereocenters. The van der Waals surface area contributed by atoms with E-state index in [1.54, 1.807) is 0 Å². The maximum atomic E-state index is 14.3. The van der Waals surface area contributed by atoms with Crippen LogP contribution < -0.4 is 20.3 Å². The molecule has 0 unspecified atom stereocenters. The summed E-state index contributed by atoms with van der Waals surface area (Å²) >= 11 is 0. The van der Waals surface area contributed by atoms with Gasteiger partial charge in [-0.15, -0.1) is 0 Å². The van der Waals surface area contributed by atoms with Crippen molar-refractivity contribution in [2.24, 2.45) is 0 Å². The molecular formula is C30H26F5N5O6S. The number of hydrogen-bond donors (Lipinski definition) is 3. The van der Waals surface area contributed by atoms with Gasteiger partial charge >= 0.3 is 18.2 Å². The van der Waals surface area contributed by atoms with Crippen LogP contribution in [0.25, 0.3) is 0 Å². The molecule has 1 heterocycles. The van der Waals surface area contributed by atoms with Gasteiger partial charge in [0.25, 0.3) is 11.8 Å². The molecule has 0 radical (unpaired) electrons. The second kappa shape index (κ2) is 11.9. The molecule has 3 N–H and O–H groups in total. The summed E-state index contributed by atoms with van der Waals surface area (Å²) in [4.78, 5) is 53.3. The number of nitrogens with one attached hydrogen (secondary N) is 3. The lowest BCUT2D eigenvalue weighted by Crippen LogP contribution is -2.43. The van der Waals surface area contributed by atoms with Crippen molar-refractivity contribution in [1.29, 1.82) is 0 Å². The van der Waals surface area contributed by atoms with Gasteiger partial charge < -0.3 is 15.5 Å². The summed E-state index contributed by atoms with van der Waals surface area (Å²) in [6.45, 7) is 2.29. The third-order valence-corrected chi connectivity index (χ3v) is 9.41. The van der Waals surface area contributed by atoms with Crippen LogP contribution in [0.3, 0.4) is 0 Å². The van der Waals surface area contributed by atoms with Crippen LogP contribution in [0.4, 0.5) is 48.6 Å². The molecule has 3 aromatic rings. The lowest BCUT2D eigenvalue weighted by molar-refractivity contribution is -0.140. The number of hydrogen-bond acceptors (Lipinski definition) is 6. The fourth-order valence-corrected chi connectivity index (χ4v) is 6.11. The molecule has 3 aromatic carbocycles. The third kappa shape index (κ3) is 6.89. The topological polar surface area (TPSA) is 145 Å². The number of amides is 6. The summed E-state index contributed by atoms with van der Waals surface area (Å²) in [6, 6.07) is 8.26. The van der Waals surface area contributed by atoms with Gasteiger partial charge in [-0.25, -0.2) is 36.4 Å². The van der Waals surface area contributed by atoms with Crippen LogP contribution in [0.5, 0.6) is 0 Å². The molecule has 1 saturated heterocycles. The van der Waals surface area contributed by atoms with E-state index in [4.69, 9.17) is 0 Å². The average Bonchev–Trinajstić information content (AvgIpc) is 3.81. The number of sulfonamides is 1. The lowest BCUT2D eigenvalue weighted by Gasteiger charge is -2.28. The largest absolute Gasteiger partial charge is 0.419 e. The summed E-state index contributed by atoms with van der Waals surface area (Å²) in [5.74, 6) is -4.10. The predicted molar refractivity (Wildman–Crippen MR) is 159 cm³/mol. The first kappa shape index (κ1) is 33.3. The molecule has 11 nitrogen and oxygen atoms in total. The first-order valence-electron chi connectivity index (χ1n) is 13.9. The van der Waals surface area contributed by atoms with Gasteiger partial charge in [-0.1, -0.05) is 6.07 Å². The van der Waals surface area contributed by atoms with Crippen LogP contribution in [0.1, 0.15) is 48.2 Å². The molecule has 47 heavy (non-hydrogen) atoms. The summed E-state index contributed by atoms with van der Waals surface area (Å²) in [6.07, 6.45) is -4.15. The molecule has 1 aliphatic carbocycles. The van der Waals surface area contributed by atoms with Gasteiger partial charge in [0.15, 0.2) is 0 Å². The van der Waals surface area contributed by atoms with Gasteiger partial charge in [-0.3, -0.25) is 9.59 Å². The van der Waals surface area contributed by atoms with Crippen LogP contribution >= 0.6 is 0 Å². The highest BCUT2D eigenvalue weighted by atomic mass is 32.2. The number of alkyl halides is 3. The molecule has 17 heteroatoms. The quantitative estimate of drug-likeness (QED) is 0.209. The van der Waals surface area contributed by atoms with Crippen LogP contribution in [-0.2, 0) is 27.5 Å². The Hall–Kier alpha value is -5.06. The van der Waals surface area contributed by atoms with Gasteiger partial charge in [0.1, 0.15) is 17.2 Å². The van der Waals surface area contributed by atoms with Crippen LogP contribution in [0, 0.1) is 11.6 Å². The number of carbonyl (C=O) groups excluding carboxylic acids is 4. The van der Waals surface area contributed by atoms with Gasteiger partial charge in [-0.2, -0.15) is 13.2 Å². The van der Waals surface area contributed by atoms with Crippen molar-refractivity contribution >= 4 is 51.0 Å². The number of carbonyl (C=O) groups is 4. The van der Waals surface area contributed by atoms with Crippen molar-refractivity contribution in [2.45, 2.75) is 50.2 Å². The Morgan fingerprint density at radius 1 is 0.936 bits per heavy atom. The van der Waals surface area contributed by atoms with E-state index < -0.39 is 80.3 Å². The van der Waals surface area contributed by atoms with Gasteiger partial charge in [0.2, 0.25) is 10.0 Å². The minimum Gasteiger partial charge on any atom is -0.308 e. The number of benzene rings is 3. The first-order valence-corrected chi connectivity index (χ1v) is 15.5. The van der Waals surface area contributed by atoms with Crippen molar-refractivity contribution in [2.75, 3.05) is 15.5 Å². The molecule has 0 aromatic heterocycles. The zero-order valence-electron chi connectivity index (χ0n) is 24.6. The van der Waals surface area contributed by atoms with E-state index in [-0.39, 0.29) is 22.5 Å². The summed E-state index contributed by atoms with van der Waals surface area (Å²) < 4.78 is 94.1. The minimum absolute atomic E-state index is 0.0179. The molecule has 1 aliphatic heterocycles. The van der Waals surface area contributed by atoms with E-state index in [0.29, 0.717) is 29.9 Å². The minimum atomic E-state index is -5.09. The fourth-order valence-electron chi connectivity index (χ4n) is 4.81. The van der Waals surface area contributed by atoms with Crippen molar-refractivity contribution in [1.82, 2.24) is 9.62 Å². The second-order valence-electron chi connectivity index (χ2n) is 11.4. The van der Waals surface area contributed by atoms with E-state index in [1.165, 1.54) is 44.2 Å². The van der Waals surface area contributed by atoms with Crippen molar-refractivity contribution < 1.29 is 49.5 Å². The Morgan fingerprint density at radius 2 is 1.60 bits per heavy atom. The standard InChI is InChI=1S/C30H26F5N5O6S/c1-29(2)26(42)40(20-9-12-23(32)22(14-20)30(33,34)35)28(44)39(29)15-17-3-6-18(31)13-24(17)37-27(43)36-19-7-4-16(5-8-19)25(41)38-47(45,46)21-10-11-21/h3-9,12-14,21H,10-11,15H2,1-2H3,(H,38,41)(H2,36,37,43). The lowest BCUT2D eigenvalue weighted by atomic mass is 10.0. The Kier molecular flexibility index (Phi) is 8.47. The second-order valence-corrected chi connectivity index (χ2v) is 13.3.